The highest BCUT2D eigenvalue weighted by Crippen LogP contribution is 2.48. The second-order valence-corrected chi connectivity index (χ2v) is 24.1. The monoisotopic (exact) mass is 1130 g/mol. The van der Waals surface area contributed by atoms with E-state index in [1.807, 2.05) is 12.1 Å². The van der Waals surface area contributed by atoms with Crippen molar-refractivity contribution < 1.29 is 67.1 Å². The molecule has 2 aliphatic rings. The van der Waals surface area contributed by atoms with E-state index in [-0.39, 0.29) is 54.6 Å². The Morgan fingerprint density at radius 1 is 0.766 bits per heavy atom. The Morgan fingerprint density at radius 2 is 1.32 bits per heavy atom. The highest BCUT2D eigenvalue weighted by atomic mass is 32.2. The maximum absolute atomic E-state index is 14.6. The number of aliphatic hydroxyl groups is 5. The number of nitrogens with zero attached hydrogens (tertiary/aromatic N) is 4. The molecule has 8 rings (SSSR count). The molecule has 15 N–H and O–H groups in total. The van der Waals surface area contributed by atoms with Gasteiger partial charge in [0.25, 0.3) is 0 Å². The molecule has 0 radical (unpaired) electrons. The second kappa shape index (κ2) is 24.3. The molecule has 0 saturated carbocycles. The van der Waals surface area contributed by atoms with E-state index in [2.05, 4.69) is 50.7 Å². The smallest absolute Gasteiger partial charge is 0.459 e. The molecule has 0 bridgehead atoms. The number of aromatic nitrogens is 6. The number of ether oxygens (including phenoxy) is 1. The van der Waals surface area contributed by atoms with Gasteiger partial charge >= 0.3 is 21.5 Å². The maximum Gasteiger partial charge on any atom is 0.459 e. The molecule has 2 aliphatic heterocycles. The fourth-order valence-corrected chi connectivity index (χ4v) is 12.4. The molecule has 4 aromatic heterocycles. The summed E-state index contributed by atoms with van der Waals surface area (Å²) in [4.78, 5) is 48.1. The van der Waals surface area contributed by atoms with Crippen molar-refractivity contribution in [2.45, 2.75) is 102 Å². The van der Waals surface area contributed by atoms with Gasteiger partial charge in [-0.25, -0.2) is 34.2 Å². The van der Waals surface area contributed by atoms with Crippen molar-refractivity contribution in [2.24, 2.45) is 5.41 Å². The van der Waals surface area contributed by atoms with Crippen LogP contribution in [0.5, 0.6) is 5.75 Å². The zero-order valence-corrected chi connectivity index (χ0v) is 45.2. The van der Waals surface area contributed by atoms with Crippen molar-refractivity contribution in [3.8, 4) is 16.9 Å². The van der Waals surface area contributed by atoms with Crippen LogP contribution in [0.3, 0.4) is 0 Å². The number of nitrogens with one attached hydrogen (secondary N) is 6. The average molecular weight is 1130 g/mol. The predicted molar refractivity (Wildman–Crippen MR) is 285 cm³/mol. The molecule has 29 heteroatoms. The molecule has 26 nitrogen and oxygen atoms in total. The van der Waals surface area contributed by atoms with Gasteiger partial charge in [-0.2, -0.15) is 5.09 Å². The number of carbonyl (C=O) groups excluding carboxylic acids is 2. The number of anilines is 2. The largest absolute Gasteiger partial charge is 0.462 e. The minimum Gasteiger partial charge on any atom is -0.462 e. The summed E-state index contributed by atoms with van der Waals surface area (Å²) in [5, 5.41) is 65.6. The minimum absolute atomic E-state index is 0.0466. The zero-order valence-electron chi connectivity index (χ0n) is 42.6. The molecule has 416 valence electrons. The molecule has 77 heavy (non-hydrogen) atoms. The van der Waals surface area contributed by atoms with Gasteiger partial charge in [-0.3, -0.25) is 23.2 Å². The third kappa shape index (κ3) is 13.4. The third-order valence-corrected chi connectivity index (χ3v) is 17.3. The number of esters is 1. The predicted octanol–water partition coefficient (Wildman–Crippen LogP) is 2.87. The Kier molecular flexibility index (Phi) is 18.2. The van der Waals surface area contributed by atoms with Gasteiger partial charge in [0.2, 0.25) is 0 Å². The standard InChI is InChI=1S/C48H64N12O14P2S/c1-24(2)73-46(66)25(3)60-76(69,72-20-33-41(63)43(65)37(59-33)31-18-52-39-35(31)54-23-56-45(39)50)74-29-11-9-27(10-12-29)28-8-6-7-26(15-28)16-57-75(68,70-13-14-77-47(67)48(4,5)21-61)71-19-32-40(62)42(64)36(58-32)30-17-51-38-34(30)53-22-55-44(38)49/h6-12,15,17-18,22-25,32-33,36-37,40-43,51-52,58-59,61-65H,13-14,16,19-21H2,1-5H3,(H,57,68)(H,60,69)(H2,49,53,55)(H2,50,54,56)/t25?,32-,33-,36+,37+,40-,41-,42+,43+,75?,76?/m1/s1. The van der Waals surface area contributed by atoms with E-state index >= 15 is 0 Å². The number of rotatable bonds is 24. The highest BCUT2D eigenvalue weighted by Gasteiger charge is 2.46. The number of carbonyl (C=O) groups is 2. The van der Waals surface area contributed by atoms with Crippen molar-refractivity contribution in [3.05, 3.63) is 90.3 Å². The van der Waals surface area contributed by atoms with Gasteiger partial charge in [0.05, 0.1) is 85.4 Å². The Balaban J connectivity index is 0.939. The lowest BCUT2D eigenvalue weighted by atomic mass is 9.97. The summed E-state index contributed by atoms with van der Waals surface area (Å²) in [7, 11) is -8.69. The quantitative estimate of drug-likeness (QED) is 0.0235. The normalized spacial score (nSPS) is 23.8. The minimum atomic E-state index is -4.46. The fraction of sp³-hybridized carbons (Fsp3) is 0.458. The van der Waals surface area contributed by atoms with Crippen molar-refractivity contribution in [2.75, 3.05) is 43.6 Å². The second-order valence-electron chi connectivity index (χ2n) is 19.5. The van der Waals surface area contributed by atoms with Crippen LogP contribution in [0, 0.1) is 5.41 Å². The van der Waals surface area contributed by atoms with Crippen LogP contribution in [-0.4, -0.2) is 147 Å². The number of fused-ring (bicyclic) bond motifs is 2. The fourth-order valence-electron chi connectivity index (χ4n) is 8.65. The van der Waals surface area contributed by atoms with Gasteiger partial charge in [0.15, 0.2) is 16.8 Å². The summed E-state index contributed by atoms with van der Waals surface area (Å²) in [5.74, 6) is -0.163. The Morgan fingerprint density at radius 3 is 1.87 bits per heavy atom. The Labute approximate surface area is 446 Å². The summed E-state index contributed by atoms with van der Waals surface area (Å²) in [5.41, 5.74) is 15.8. The van der Waals surface area contributed by atoms with Gasteiger partial charge in [0.1, 0.15) is 47.7 Å². The molecule has 0 aliphatic carbocycles. The highest BCUT2D eigenvalue weighted by molar-refractivity contribution is 8.13. The molecule has 11 atom stereocenters. The SMILES string of the molecule is CC(C)OC(=O)C(C)NP(=O)(OC[C@H]1N[C@@H](c2c[nH]c3c(N)ncnc23)[C@H](O)[C@@H]1O)Oc1ccc(-c2cccc(CNP(=O)(OCCSC(=O)C(C)(C)CO)OC[C@H]3N[C@@H](c4c[nH]c5c(N)ncnc45)[C@H](O)[C@@H]3O)c2)cc1. The number of nitrogen functional groups attached to an aromatic ring is 2. The van der Waals surface area contributed by atoms with Crippen molar-refractivity contribution in [1.82, 2.24) is 50.7 Å². The van der Waals surface area contributed by atoms with E-state index in [9.17, 15) is 44.3 Å². The maximum atomic E-state index is 14.6. The Hall–Kier alpha value is -5.45. The molecule has 2 aromatic carbocycles. The molecule has 3 unspecified atom stereocenters. The van der Waals surface area contributed by atoms with Gasteiger partial charge < -0.3 is 66.9 Å². The number of benzene rings is 2. The topological polar surface area (TPSA) is 399 Å². The van der Waals surface area contributed by atoms with E-state index in [0.717, 1.165) is 11.8 Å². The van der Waals surface area contributed by atoms with Crippen LogP contribution in [-0.2, 0) is 43.6 Å². The zero-order chi connectivity index (χ0) is 55.4. The number of hydrogen-bond donors (Lipinski definition) is 13. The van der Waals surface area contributed by atoms with Crippen molar-refractivity contribution in [1.29, 1.82) is 0 Å². The van der Waals surface area contributed by atoms with Crippen LogP contribution in [0.2, 0.25) is 0 Å². The first-order valence-electron chi connectivity index (χ1n) is 24.5. The lowest BCUT2D eigenvalue weighted by molar-refractivity contribution is -0.149. The van der Waals surface area contributed by atoms with E-state index in [1.54, 1.807) is 64.4 Å². The van der Waals surface area contributed by atoms with Crippen molar-refractivity contribution >= 4 is 72.0 Å². The first-order chi connectivity index (χ1) is 36.6. The van der Waals surface area contributed by atoms with Crippen LogP contribution in [0.15, 0.2) is 73.6 Å². The Bertz CT molecular complexity index is 3130. The van der Waals surface area contributed by atoms with E-state index in [4.69, 9.17) is 34.3 Å². The van der Waals surface area contributed by atoms with E-state index < -0.39 is 94.2 Å². The molecule has 0 spiro atoms. The first kappa shape index (κ1) is 57.7. The van der Waals surface area contributed by atoms with E-state index in [1.165, 1.54) is 31.7 Å². The number of hydrogen-bond acceptors (Lipinski definition) is 23. The number of nitrogens with two attached hydrogens (primary N) is 2. The first-order valence-corrected chi connectivity index (χ1v) is 28.6. The molecule has 6 aromatic rings. The molecular formula is C48H64N12O14P2S. The van der Waals surface area contributed by atoms with Gasteiger partial charge in [0, 0.05) is 35.8 Å². The summed E-state index contributed by atoms with van der Waals surface area (Å²) < 4.78 is 57.9. The van der Waals surface area contributed by atoms with Crippen LogP contribution < -0.4 is 36.8 Å². The number of thioether (sulfide) groups is 1. The molecule has 2 saturated heterocycles. The van der Waals surface area contributed by atoms with Crippen LogP contribution in [0.25, 0.3) is 33.2 Å². The average Bonchev–Trinajstić information content (AvgIpc) is 4.24. The van der Waals surface area contributed by atoms with Crippen LogP contribution in [0.4, 0.5) is 11.6 Å². The van der Waals surface area contributed by atoms with E-state index in [0.29, 0.717) is 49.9 Å². The molecular weight excluding hydrogens is 1060 g/mol. The van der Waals surface area contributed by atoms with Gasteiger partial charge in [-0.1, -0.05) is 42.1 Å². The van der Waals surface area contributed by atoms with Crippen LogP contribution in [0.1, 0.15) is 63.4 Å². The summed E-state index contributed by atoms with van der Waals surface area (Å²) >= 11 is 0.907. The number of H-pyrrole nitrogens is 2. The summed E-state index contributed by atoms with van der Waals surface area (Å²) in [6, 6.07) is 8.93. The molecule has 6 heterocycles. The lowest BCUT2D eigenvalue weighted by Gasteiger charge is -2.25. The third-order valence-electron chi connectivity index (χ3n) is 13.0. The molecule has 0 amide bonds. The van der Waals surface area contributed by atoms with Gasteiger partial charge in [-0.15, -0.1) is 0 Å². The number of aliphatic hydroxyl groups excluding tert-OH is 5. The molecule has 2 fully saturated rings. The van der Waals surface area contributed by atoms with Gasteiger partial charge in [-0.05, 0) is 69.5 Å². The lowest BCUT2D eigenvalue weighted by Crippen LogP contribution is -2.40. The summed E-state index contributed by atoms with van der Waals surface area (Å²) in [6.45, 7) is 6.52. The summed E-state index contributed by atoms with van der Waals surface area (Å²) in [6.07, 6.45) is -0.138. The van der Waals surface area contributed by atoms with Crippen molar-refractivity contribution in [3.63, 3.8) is 0 Å². The number of aromatic amines is 2. The van der Waals surface area contributed by atoms with Crippen LogP contribution >= 0.6 is 27.3 Å².